The van der Waals surface area contributed by atoms with Crippen LogP contribution in [-0.2, 0) is 26.0 Å². The first-order valence-electron chi connectivity index (χ1n) is 5.01. The molecule has 2 N–H and O–H groups in total. The summed E-state index contributed by atoms with van der Waals surface area (Å²) in [6.45, 7) is 0.184. The van der Waals surface area contributed by atoms with Crippen LogP contribution in [0.2, 0.25) is 0 Å². The zero-order valence-corrected chi connectivity index (χ0v) is 11.1. The molecule has 1 unspecified atom stereocenters. The Hall–Kier alpha value is -0.920. The number of nitrogens with two attached hydrogens (primary N) is 1. The maximum Gasteiger partial charge on any atom is 0.323 e. The predicted molar refractivity (Wildman–Crippen MR) is 66.4 cm³/mol. The number of hydrogen-bond acceptors (Lipinski definition) is 6. The van der Waals surface area contributed by atoms with E-state index in [9.17, 15) is 13.2 Å². The Kier molecular flexibility index (Phi) is 5.10. The molecule has 0 aromatic carbocycles. The summed E-state index contributed by atoms with van der Waals surface area (Å²) in [5.74, 6) is -0.676. The Labute approximate surface area is 105 Å². The van der Waals surface area contributed by atoms with Crippen molar-refractivity contribution >= 4 is 27.1 Å². The second-order valence-electron chi connectivity index (χ2n) is 3.71. The zero-order valence-electron chi connectivity index (χ0n) is 9.46. The highest BCUT2D eigenvalue weighted by molar-refractivity contribution is 7.90. The summed E-state index contributed by atoms with van der Waals surface area (Å²) < 4.78 is 26.8. The summed E-state index contributed by atoms with van der Waals surface area (Å²) in [7, 11) is -3.10. The molecule has 1 aromatic heterocycles. The second kappa shape index (κ2) is 6.13. The zero-order chi connectivity index (χ0) is 12.9. The summed E-state index contributed by atoms with van der Waals surface area (Å²) >= 11 is 1.48. The molecule has 17 heavy (non-hydrogen) atoms. The monoisotopic (exact) mass is 277 g/mol. The van der Waals surface area contributed by atoms with Crippen molar-refractivity contribution in [1.82, 2.24) is 0 Å². The first kappa shape index (κ1) is 14.1. The van der Waals surface area contributed by atoms with Gasteiger partial charge in [0.2, 0.25) is 0 Å². The average Bonchev–Trinajstić information content (AvgIpc) is 2.74. The van der Waals surface area contributed by atoms with Gasteiger partial charge in [0.15, 0.2) is 0 Å². The highest BCUT2D eigenvalue weighted by Crippen LogP contribution is 2.10. The molecule has 0 fully saturated rings. The van der Waals surface area contributed by atoms with E-state index in [1.54, 1.807) is 0 Å². The summed E-state index contributed by atoms with van der Waals surface area (Å²) in [5.41, 5.74) is 5.53. The van der Waals surface area contributed by atoms with Gasteiger partial charge in [-0.05, 0) is 17.9 Å². The van der Waals surface area contributed by atoms with Crippen LogP contribution in [0.5, 0.6) is 0 Å². The van der Waals surface area contributed by atoms with Gasteiger partial charge in [0.05, 0.1) is 5.75 Å². The van der Waals surface area contributed by atoms with E-state index in [1.807, 2.05) is 17.5 Å². The third kappa shape index (κ3) is 5.81. The van der Waals surface area contributed by atoms with Crippen LogP contribution >= 0.6 is 11.3 Å². The first-order chi connectivity index (χ1) is 7.88. The van der Waals surface area contributed by atoms with Crippen LogP contribution in [0.25, 0.3) is 0 Å². The van der Waals surface area contributed by atoms with Gasteiger partial charge in [0.25, 0.3) is 0 Å². The molecule has 0 spiro atoms. The molecular weight excluding hydrogens is 262 g/mol. The van der Waals surface area contributed by atoms with Crippen LogP contribution in [0.15, 0.2) is 17.5 Å². The Bertz CT molecular complexity index is 453. The standard InChI is InChI=1S/C10H15NO4S2/c1-17(13,14)6-4-9(11)10(12)15-7-8-3-2-5-16-8/h2-3,5,9H,4,6-7,11H2,1H3. The van der Waals surface area contributed by atoms with Crippen molar-refractivity contribution in [2.45, 2.75) is 19.1 Å². The van der Waals surface area contributed by atoms with Crippen molar-refractivity contribution in [2.75, 3.05) is 12.0 Å². The highest BCUT2D eigenvalue weighted by Gasteiger charge is 2.17. The number of thiophene rings is 1. The van der Waals surface area contributed by atoms with Crippen LogP contribution in [0, 0.1) is 0 Å². The quantitative estimate of drug-likeness (QED) is 0.767. The van der Waals surface area contributed by atoms with Crippen LogP contribution in [-0.4, -0.2) is 32.4 Å². The molecule has 0 saturated carbocycles. The van der Waals surface area contributed by atoms with E-state index < -0.39 is 21.8 Å². The van der Waals surface area contributed by atoms with Crippen molar-refractivity contribution in [2.24, 2.45) is 5.73 Å². The lowest BCUT2D eigenvalue weighted by Gasteiger charge is -2.10. The van der Waals surface area contributed by atoms with Gasteiger partial charge in [-0.15, -0.1) is 11.3 Å². The van der Waals surface area contributed by atoms with E-state index in [0.717, 1.165) is 11.1 Å². The largest absolute Gasteiger partial charge is 0.459 e. The molecule has 5 nitrogen and oxygen atoms in total. The molecule has 0 aliphatic carbocycles. The molecule has 7 heteroatoms. The molecule has 1 atom stereocenters. The van der Waals surface area contributed by atoms with Gasteiger partial charge in [-0.25, -0.2) is 8.42 Å². The maximum atomic E-state index is 11.4. The van der Waals surface area contributed by atoms with Crippen molar-refractivity contribution < 1.29 is 17.9 Å². The molecule has 0 radical (unpaired) electrons. The second-order valence-corrected chi connectivity index (χ2v) is 7.00. The number of esters is 1. The SMILES string of the molecule is CS(=O)(=O)CCC(N)C(=O)OCc1cccs1. The van der Waals surface area contributed by atoms with E-state index in [-0.39, 0.29) is 18.8 Å². The van der Waals surface area contributed by atoms with Gasteiger partial charge in [-0.2, -0.15) is 0 Å². The molecule has 0 amide bonds. The van der Waals surface area contributed by atoms with E-state index in [2.05, 4.69) is 0 Å². The Morgan fingerprint density at radius 3 is 2.82 bits per heavy atom. The normalized spacial score (nSPS) is 13.3. The van der Waals surface area contributed by atoms with Crippen LogP contribution in [0.4, 0.5) is 0 Å². The molecule has 96 valence electrons. The minimum atomic E-state index is -3.10. The van der Waals surface area contributed by atoms with E-state index in [4.69, 9.17) is 10.5 Å². The minimum absolute atomic E-state index is 0.0854. The fraction of sp³-hybridized carbons (Fsp3) is 0.500. The topological polar surface area (TPSA) is 86.5 Å². The van der Waals surface area contributed by atoms with Gasteiger partial charge in [0, 0.05) is 11.1 Å². The molecule has 0 aliphatic heterocycles. The number of ether oxygens (including phenoxy) is 1. The number of carbonyl (C=O) groups excluding carboxylic acids is 1. The molecule has 0 saturated heterocycles. The fourth-order valence-corrected chi connectivity index (χ4v) is 2.40. The number of rotatable bonds is 6. The maximum absolute atomic E-state index is 11.4. The summed E-state index contributed by atoms with van der Waals surface area (Å²) in [6.07, 6.45) is 1.19. The van der Waals surface area contributed by atoms with Gasteiger partial charge in [-0.1, -0.05) is 6.07 Å². The molecule has 0 aliphatic rings. The lowest BCUT2D eigenvalue weighted by atomic mass is 10.2. The number of sulfone groups is 1. The molecule has 0 bridgehead atoms. The van der Waals surface area contributed by atoms with Crippen LogP contribution < -0.4 is 5.73 Å². The predicted octanol–water partition coefficient (Wildman–Crippen LogP) is 0.553. The van der Waals surface area contributed by atoms with E-state index in [0.29, 0.717) is 0 Å². The van der Waals surface area contributed by atoms with E-state index >= 15 is 0 Å². The summed E-state index contributed by atoms with van der Waals surface area (Å²) in [5, 5.41) is 1.88. The van der Waals surface area contributed by atoms with Gasteiger partial charge in [-0.3, -0.25) is 4.79 Å². The fourth-order valence-electron chi connectivity index (χ4n) is 1.10. The smallest absolute Gasteiger partial charge is 0.323 e. The van der Waals surface area contributed by atoms with Crippen molar-refractivity contribution in [3.63, 3.8) is 0 Å². The minimum Gasteiger partial charge on any atom is -0.459 e. The third-order valence-electron chi connectivity index (χ3n) is 2.04. The Morgan fingerprint density at radius 1 is 1.59 bits per heavy atom. The molecule has 1 heterocycles. The van der Waals surface area contributed by atoms with Crippen molar-refractivity contribution in [3.05, 3.63) is 22.4 Å². The summed E-state index contributed by atoms with van der Waals surface area (Å²) in [4.78, 5) is 12.3. The number of carbonyl (C=O) groups is 1. The van der Waals surface area contributed by atoms with Crippen LogP contribution in [0.3, 0.4) is 0 Å². The molecule has 1 aromatic rings. The highest BCUT2D eigenvalue weighted by atomic mass is 32.2. The van der Waals surface area contributed by atoms with Gasteiger partial charge in [0.1, 0.15) is 22.5 Å². The first-order valence-corrected chi connectivity index (χ1v) is 7.95. The van der Waals surface area contributed by atoms with Crippen LogP contribution in [0.1, 0.15) is 11.3 Å². The van der Waals surface area contributed by atoms with E-state index in [1.165, 1.54) is 11.3 Å². The third-order valence-corrected chi connectivity index (χ3v) is 3.87. The molecule has 1 rings (SSSR count). The average molecular weight is 277 g/mol. The van der Waals surface area contributed by atoms with Crippen molar-refractivity contribution in [1.29, 1.82) is 0 Å². The lowest BCUT2D eigenvalue weighted by Crippen LogP contribution is -2.34. The Balaban J connectivity index is 2.32. The van der Waals surface area contributed by atoms with Gasteiger partial charge >= 0.3 is 5.97 Å². The Morgan fingerprint density at radius 2 is 2.29 bits per heavy atom. The lowest BCUT2D eigenvalue weighted by molar-refractivity contribution is -0.146. The van der Waals surface area contributed by atoms with Crippen molar-refractivity contribution in [3.8, 4) is 0 Å². The van der Waals surface area contributed by atoms with Gasteiger partial charge < -0.3 is 10.5 Å². The molecular formula is C10H15NO4S2. The summed E-state index contributed by atoms with van der Waals surface area (Å²) in [6, 6.07) is 2.82. The number of hydrogen-bond donors (Lipinski definition) is 1.